The molecule has 0 bridgehead atoms. The van der Waals surface area contributed by atoms with Gasteiger partial charge in [0.2, 0.25) is 0 Å². The molecule has 0 fully saturated rings. The van der Waals surface area contributed by atoms with E-state index in [-0.39, 0.29) is 6.04 Å². The van der Waals surface area contributed by atoms with Gasteiger partial charge in [0.1, 0.15) is 11.6 Å². The first-order valence-electron chi connectivity index (χ1n) is 6.55. The lowest BCUT2D eigenvalue weighted by molar-refractivity contribution is 0.553. The Morgan fingerprint density at radius 1 is 1.10 bits per heavy atom. The Kier molecular flexibility index (Phi) is 4.45. The summed E-state index contributed by atoms with van der Waals surface area (Å²) in [6.45, 7) is 3.98. The fraction of sp³-hybridized carbons (Fsp3) is 0.312. The van der Waals surface area contributed by atoms with Crippen molar-refractivity contribution in [2.24, 2.45) is 0 Å². The number of rotatable bonds is 4. The topological polar surface area (TPSA) is 24.9 Å². The van der Waals surface area contributed by atoms with Gasteiger partial charge in [-0.15, -0.1) is 0 Å². The molecule has 2 aromatic rings. The van der Waals surface area contributed by atoms with Crippen molar-refractivity contribution in [3.05, 3.63) is 64.5 Å². The Hall–Kier alpha value is -1.81. The number of aryl methyl sites for hydroxylation is 2. The van der Waals surface area contributed by atoms with Crippen molar-refractivity contribution in [2.45, 2.75) is 26.3 Å². The second-order valence-corrected chi connectivity index (χ2v) is 5.04. The Balaban J connectivity index is 2.28. The molecule has 1 N–H and O–H groups in total. The smallest absolute Gasteiger partial charge is 0.126 e. The predicted octanol–water partition coefficient (Wildman–Crippen LogP) is 3.48. The monoisotopic (exact) mass is 276 g/mol. The zero-order chi connectivity index (χ0) is 14.7. The lowest BCUT2D eigenvalue weighted by atomic mass is 9.99. The molecule has 1 aromatic carbocycles. The van der Waals surface area contributed by atoms with Crippen LogP contribution in [0.3, 0.4) is 0 Å². The molecule has 1 aromatic heterocycles. The largest absolute Gasteiger partial charge is 0.311 e. The molecule has 2 nitrogen and oxygen atoms in total. The van der Waals surface area contributed by atoms with Crippen LogP contribution in [0.15, 0.2) is 30.5 Å². The van der Waals surface area contributed by atoms with Crippen LogP contribution < -0.4 is 5.32 Å². The van der Waals surface area contributed by atoms with Crippen LogP contribution in [0.4, 0.5) is 8.78 Å². The van der Waals surface area contributed by atoms with Crippen LogP contribution in [0.25, 0.3) is 0 Å². The number of benzene rings is 1. The van der Waals surface area contributed by atoms with Crippen molar-refractivity contribution < 1.29 is 8.78 Å². The van der Waals surface area contributed by atoms with E-state index in [0.29, 0.717) is 12.0 Å². The van der Waals surface area contributed by atoms with Crippen LogP contribution in [0.5, 0.6) is 0 Å². The summed E-state index contributed by atoms with van der Waals surface area (Å²) in [5.41, 5.74) is 3.69. The summed E-state index contributed by atoms with van der Waals surface area (Å²) in [4.78, 5) is 4.44. The summed E-state index contributed by atoms with van der Waals surface area (Å²) in [6, 6.07) is 5.58. The van der Waals surface area contributed by atoms with Gasteiger partial charge in [-0.25, -0.2) is 8.78 Å². The summed E-state index contributed by atoms with van der Waals surface area (Å²) in [6.07, 6.45) is 2.29. The molecular formula is C16H18F2N2. The van der Waals surface area contributed by atoms with E-state index in [1.54, 1.807) is 6.20 Å². The third kappa shape index (κ3) is 3.39. The fourth-order valence-corrected chi connectivity index (χ4v) is 2.39. The molecule has 0 aliphatic rings. The molecule has 2 rings (SSSR count). The zero-order valence-electron chi connectivity index (χ0n) is 11.9. The highest BCUT2D eigenvalue weighted by atomic mass is 19.1. The van der Waals surface area contributed by atoms with Gasteiger partial charge >= 0.3 is 0 Å². The highest BCUT2D eigenvalue weighted by molar-refractivity contribution is 5.28. The van der Waals surface area contributed by atoms with E-state index in [9.17, 15) is 8.78 Å². The number of likely N-dealkylation sites (N-methyl/N-ethyl adjacent to an activating group) is 1. The predicted molar refractivity (Wildman–Crippen MR) is 75.6 cm³/mol. The number of aromatic nitrogens is 1. The van der Waals surface area contributed by atoms with Gasteiger partial charge < -0.3 is 5.32 Å². The molecule has 4 heteroatoms. The summed E-state index contributed by atoms with van der Waals surface area (Å²) >= 11 is 0. The number of pyridine rings is 1. The average Bonchev–Trinajstić information content (AvgIpc) is 2.35. The van der Waals surface area contributed by atoms with E-state index in [1.807, 2.05) is 20.9 Å². The van der Waals surface area contributed by atoms with Crippen LogP contribution >= 0.6 is 0 Å². The van der Waals surface area contributed by atoms with Crippen molar-refractivity contribution >= 4 is 0 Å². The van der Waals surface area contributed by atoms with E-state index in [0.717, 1.165) is 22.9 Å². The normalized spacial score (nSPS) is 12.4. The van der Waals surface area contributed by atoms with E-state index < -0.39 is 11.6 Å². The van der Waals surface area contributed by atoms with Gasteiger partial charge in [-0.2, -0.15) is 0 Å². The van der Waals surface area contributed by atoms with Gasteiger partial charge in [-0.1, -0.05) is 6.07 Å². The molecule has 0 aliphatic carbocycles. The Labute approximate surface area is 117 Å². The molecule has 0 aliphatic heterocycles. The van der Waals surface area contributed by atoms with Gasteiger partial charge in [-0.3, -0.25) is 4.98 Å². The van der Waals surface area contributed by atoms with E-state index in [4.69, 9.17) is 0 Å². The first kappa shape index (κ1) is 14.6. The van der Waals surface area contributed by atoms with Gasteiger partial charge in [0.25, 0.3) is 0 Å². The zero-order valence-corrected chi connectivity index (χ0v) is 11.9. The lowest BCUT2D eigenvalue weighted by Gasteiger charge is -2.18. The maximum absolute atomic E-state index is 13.2. The van der Waals surface area contributed by atoms with Gasteiger partial charge in [-0.05, 0) is 56.1 Å². The molecular weight excluding hydrogens is 258 g/mol. The van der Waals surface area contributed by atoms with E-state index in [1.165, 1.54) is 12.1 Å². The molecule has 1 heterocycles. The summed E-state index contributed by atoms with van der Waals surface area (Å²) in [5.74, 6) is -1.10. The third-order valence-electron chi connectivity index (χ3n) is 3.30. The van der Waals surface area contributed by atoms with Crippen LogP contribution in [0.2, 0.25) is 0 Å². The van der Waals surface area contributed by atoms with Crippen molar-refractivity contribution in [1.29, 1.82) is 0 Å². The molecule has 0 radical (unpaired) electrons. The number of nitrogens with one attached hydrogen (secondary N) is 1. The summed E-state index contributed by atoms with van der Waals surface area (Å²) in [5, 5.41) is 3.16. The van der Waals surface area contributed by atoms with E-state index in [2.05, 4.69) is 16.4 Å². The molecule has 0 amide bonds. The molecule has 106 valence electrons. The number of nitrogens with zero attached hydrogens (tertiary/aromatic N) is 1. The maximum Gasteiger partial charge on any atom is 0.126 e. The van der Waals surface area contributed by atoms with Crippen LogP contribution in [0, 0.1) is 25.5 Å². The molecule has 0 spiro atoms. The van der Waals surface area contributed by atoms with Crippen LogP contribution in [-0.4, -0.2) is 12.0 Å². The minimum Gasteiger partial charge on any atom is -0.311 e. The standard InChI is InChI=1S/C16H18F2N2/c1-10-4-11(2)16(20-9-10)15(19-3)7-12-5-13(17)8-14(18)6-12/h4-6,8-9,15,19H,7H2,1-3H3. The second kappa shape index (κ2) is 6.09. The second-order valence-electron chi connectivity index (χ2n) is 5.04. The molecule has 0 saturated heterocycles. The first-order chi connectivity index (χ1) is 9.49. The first-order valence-corrected chi connectivity index (χ1v) is 6.55. The van der Waals surface area contributed by atoms with Gasteiger partial charge in [0.05, 0.1) is 11.7 Å². The molecule has 0 saturated carbocycles. The minimum absolute atomic E-state index is 0.0724. The van der Waals surface area contributed by atoms with Crippen molar-refractivity contribution in [3.8, 4) is 0 Å². The number of hydrogen-bond donors (Lipinski definition) is 1. The maximum atomic E-state index is 13.2. The highest BCUT2D eigenvalue weighted by Crippen LogP contribution is 2.21. The molecule has 1 unspecified atom stereocenters. The van der Waals surface area contributed by atoms with Gasteiger partial charge in [0.15, 0.2) is 0 Å². The van der Waals surface area contributed by atoms with Crippen molar-refractivity contribution in [2.75, 3.05) is 7.05 Å². The fourth-order valence-electron chi connectivity index (χ4n) is 2.39. The van der Waals surface area contributed by atoms with Crippen molar-refractivity contribution in [3.63, 3.8) is 0 Å². The average molecular weight is 276 g/mol. The Morgan fingerprint density at radius 2 is 1.75 bits per heavy atom. The highest BCUT2D eigenvalue weighted by Gasteiger charge is 2.15. The number of halogens is 2. The Bertz CT molecular complexity index is 591. The quantitative estimate of drug-likeness (QED) is 0.924. The number of hydrogen-bond acceptors (Lipinski definition) is 2. The van der Waals surface area contributed by atoms with Crippen LogP contribution in [-0.2, 0) is 6.42 Å². The third-order valence-corrected chi connectivity index (χ3v) is 3.30. The lowest BCUT2D eigenvalue weighted by Crippen LogP contribution is -2.21. The summed E-state index contributed by atoms with van der Waals surface area (Å²) in [7, 11) is 1.82. The Morgan fingerprint density at radius 3 is 2.30 bits per heavy atom. The van der Waals surface area contributed by atoms with Crippen molar-refractivity contribution in [1.82, 2.24) is 10.3 Å². The van der Waals surface area contributed by atoms with Crippen LogP contribution in [0.1, 0.15) is 28.4 Å². The minimum atomic E-state index is -0.552. The molecule has 20 heavy (non-hydrogen) atoms. The van der Waals surface area contributed by atoms with Gasteiger partial charge in [0, 0.05) is 12.3 Å². The SMILES string of the molecule is CNC(Cc1cc(F)cc(F)c1)c1ncc(C)cc1C. The molecule has 1 atom stereocenters. The summed E-state index contributed by atoms with van der Waals surface area (Å²) < 4.78 is 26.5. The van der Waals surface area contributed by atoms with E-state index >= 15 is 0 Å².